The number of carbonyl (C=O) groups is 2. The lowest BCUT2D eigenvalue weighted by Gasteiger charge is -2.35. The Balaban J connectivity index is 1.38. The molecule has 2 saturated heterocycles. The topological polar surface area (TPSA) is 55.9 Å². The second-order valence-electron chi connectivity index (χ2n) is 7.65. The van der Waals surface area contributed by atoms with Crippen LogP contribution < -0.4 is 10.2 Å². The van der Waals surface area contributed by atoms with Crippen LogP contribution in [0.4, 0.5) is 14.9 Å². The molecule has 1 N–H and O–H groups in total. The Morgan fingerprint density at radius 1 is 1.13 bits per heavy atom. The molecule has 0 unspecified atom stereocenters. The van der Waals surface area contributed by atoms with Crippen molar-refractivity contribution in [2.45, 2.75) is 13.5 Å². The van der Waals surface area contributed by atoms with Crippen molar-refractivity contribution in [2.24, 2.45) is 0 Å². The number of benzene rings is 2. The molecule has 3 amide bonds. The van der Waals surface area contributed by atoms with Crippen LogP contribution in [0, 0.1) is 12.7 Å². The van der Waals surface area contributed by atoms with Gasteiger partial charge in [0.05, 0.1) is 0 Å². The average molecular weight is 431 g/mol. The highest BCUT2D eigenvalue weighted by Crippen LogP contribution is 2.24. The normalized spacial score (nSPS) is 17.4. The van der Waals surface area contributed by atoms with Crippen LogP contribution in [0.3, 0.4) is 0 Å². The van der Waals surface area contributed by atoms with Crippen LogP contribution in [0.25, 0.3) is 0 Å². The predicted octanol–water partition coefficient (Wildman–Crippen LogP) is 3.28. The minimum absolute atomic E-state index is 0.0286. The number of carbonyl (C=O) groups excluding carboxylic acids is 2. The molecule has 2 aliphatic rings. The van der Waals surface area contributed by atoms with Crippen molar-refractivity contribution in [3.63, 3.8) is 0 Å². The fourth-order valence-electron chi connectivity index (χ4n) is 3.99. The molecule has 2 aromatic carbocycles. The number of amides is 3. The zero-order chi connectivity index (χ0) is 21.3. The summed E-state index contributed by atoms with van der Waals surface area (Å²) in [6, 6.07) is 10.1. The highest BCUT2D eigenvalue weighted by Gasteiger charge is 2.26. The summed E-state index contributed by atoms with van der Waals surface area (Å²) in [4.78, 5) is 30.5. The lowest BCUT2D eigenvalue weighted by atomic mass is 10.1. The zero-order valence-corrected chi connectivity index (χ0v) is 17.6. The van der Waals surface area contributed by atoms with E-state index in [9.17, 15) is 14.0 Å². The van der Waals surface area contributed by atoms with Crippen LogP contribution in [0.2, 0.25) is 5.02 Å². The molecular formula is C22H24ClFN4O2. The average Bonchev–Trinajstić information content (AvgIpc) is 3.16. The van der Waals surface area contributed by atoms with E-state index in [4.69, 9.17) is 11.6 Å². The molecule has 0 bridgehead atoms. The molecule has 6 nitrogen and oxygen atoms in total. The van der Waals surface area contributed by atoms with Crippen LogP contribution in [0.5, 0.6) is 0 Å². The highest BCUT2D eigenvalue weighted by molar-refractivity contribution is 6.31. The van der Waals surface area contributed by atoms with E-state index in [-0.39, 0.29) is 17.8 Å². The fraction of sp³-hybridized carbons (Fsp3) is 0.364. The Morgan fingerprint density at radius 3 is 2.53 bits per heavy atom. The number of rotatable bonds is 4. The predicted molar refractivity (Wildman–Crippen MR) is 115 cm³/mol. The summed E-state index contributed by atoms with van der Waals surface area (Å²) in [5, 5.41) is 3.21. The number of anilines is 1. The first-order chi connectivity index (χ1) is 14.4. The molecule has 0 saturated carbocycles. The molecule has 0 spiro atoms. The number of hydrogen-bond acceptors (Lipinski definition) is 3. The molecule has 2 heterocycles. The van der Waals surface area contributed by atoms with Crippen molar-refractivity contribution in [2.75, 3.05) is 44.2 Å². The van der Waals surface area contributed by atoms with E-state index in [1.54, 1.807) is 23.1 Å². The Bertz CT molecular complexity index is 955. The van der Waals surface area contributed by atoms with Gasteiger partial charge in [-0.1, -0.05) is 17.7 Å². The molecule has 8 heteroatoms. The van der Waals surface area contributed by atoms with Gasteiger partial charge in [-0.3, -0.25) is 14.6 Å². The van der Waals surface area contributed by atoms with E-state index in [1.165, 1.54) is 6.07 Å². The largest absolute Gasteiger partial charge is 0.336 e. The molecular weight excluding hydrogens is 407 g/mol. The molecule has 4 rings (SSSR count). The highest BCUT2D eigenvalue weighted by atomic mass is 35.5. The van der Waals surface area contributed by atoms with Gasteiger partial charge in [0, 0.05) is 67.7 Å². The number of aryl methyl sites for hydroxylation is 1. The van der Waals surface area contributed by atoms with Gasteiger partial charge in [0.1, 0.15) is 5.82 Å². The number of nitrogens with one attached hydrogen (secondary N) is 1. The Kier molecular flexibility index (Phi) is 5.92. The number of halogens is 2. The molecule has 158 valence electrons. The third-order valence-corrected chi connectivity index (χ3v) is 6.05. The smallest absolute Gasteiger partial charge is 0.322 e. The SMILES string of the molecule is Cc1cc(C(=O)N2CCN(Cc3c(F)cccc3Cl)CC2)ccc1N1CCNC1=O. The standard InChI is InChI=1S/C22H24ClFN4O2/c1-15-13-16(5-6-20(15)28-8-7-25-22(28)30)21(29)27-11-9-26(10-12-27)14-17-18(23)3-2-4-19(17)24/h2-6,13H,7-12,14H2,1H3,(H,25,30). The van der Waals surface area contributed by atoms with Crippen LogP contribution in [-0.2, 0) is 6.54 Å². The van der Waals surface area contributed by atoms with Gasteiger partial charge in [-0.15, -0.1) is 0 Å². The molecule has 2 aliphatic heterocycles. The lowest BCUT2D eigenvalue weighted by Crippen LogP contribution is -2.48. The Hall–Kier alpha value is -2.64. The van der Waals surface area contributed by atoms with Gasteiger partial charge in [0.15, 0.2) is 0 Å². The minimum Gasteiger partial charge on any atom is -0.336 e. The number of hydrogen-bond donors (Lipinski definition) is 1. The third-order valence-electron chi connectivity index (χ3n) is 5.69. The zero-order valence-electron chi connectivity index (χ0n) is 16.8. The molecule has 0 aliphatic carbocycles. The summed E-state index contributed by atoms with van der Waals surface area (Å²) in [5.74, 6) is -0.331. The maximum absolute atomic E-state index is 14.0. The van der Waals surface area contributed by atoms with Crippen molar-refractivity contribution in [1.29, 1.82) is 0 Å². The molecule has 30 heavy (non-hydrogen) atoms. The fourth-order valence-corrected chi connectivity index (χ4v) is 4.21. The van der Waals surface area contributed by atoms with E-state index in [0.717, 1.165) is 11.3 Å². The first-order valence-corrected chi connectivity index (χ1v) is 10.4. The number of nitrogens with zero attached hydrogens (tertiary/aromatic N) is 3. The van der Waals surface area contributed by atoms with Crippen molar-refractivity contribution in [3.8, 4) is 0 Å². The summed E-state index contributed by atoms with van der Waals surface area (Å²) in [6.07, 6.45) is 0. The first kappa shape index (κ1) is 20.6. The van der Waals surface area contributed by atoms with E-state index in [0.29, 0.717) is 62.0 Å². The van der Waals surface area contributed by atoms with Crippen molar-refractivity contribution in [1.82, 2.24) is 15.1 Å². The van der Waals surface area contributed by atoms with Crippen molar-refractivity contribution < 1.29 is 14.0 Å². The summed E-state index contributed by atoms with van der Waals surface area (Å²) in [5.41, 5.74) is 2.83. The molecule has 2 fully saturated rings. The monoisotopic (exact) mass is 430 g/mol. The first-order valence-electron chi connectivity index (χ1n) is 10.0. The molecule has 0 aromatic heterocycles. The summed E-state index contributed by atoms with van der Waals surface area (Å²) >= 11 is 6.13. The maximum atomic E-state index is 14.0. The van der Waals surface area contributed by atoms with E-state index < -0.39 is 0 Å². The summed E-state index contributed by atoms with van der Waals surface area (Å²) in [6.45, 7) is 6.04. The van der Waals surface area contributed by atoms with Crippen LogP contribution in [0.15, 0.2) is 36.4 Å². The van der Waals surface area contributed by atoms with Crippen LogP contribution in [0.1, 0.15) is 21.5 Å². The quantitative estimate of drug-likeness (QED) is 0.810. The second-order valence-corrected chi connectivity index (χ2v) is 8.06. The van der Waals surface area contributed by atoms with Crippen LogP contribution >= 0.6 is 11.6 Å². The maximum Gasteiger partial charge on any atom is 0.322 e. The van der Waals surface area contributed by atoms with Gasteiger partial charge in [-0.2, -0.15) is 0 Å². The van der Waals surface area contributed by atoms with Crippen molar-refractivity contribution >= 4 is 29.2 Å². The summed E-state index contributed by atoms with van der Waals surface area (Å²) < 4.78 is 14.0. The molecule has 2 aromatic rings. The Labute approximate surface area is 180 Å². The van der Waals surface area contributed by atoms with Crippen LogP contribution in [-0.4, -0.2) is 61.0 Å². The molecule has 0 atom stereocenters. The second kappa shape index (κ2) is 8.62. The summed E-state index contributed by atoms with van der Waals surface area (Å²) in [7, 11) is 0. The van der Waals surface area contributed by atoms with Gasteiger partial charge in [0.2, 0.25) is 0 Å². The van der Waals surface area contributed by atoms with E-state index in [2.05, 4.69) is 10.2 Å². The Morgan fingerprint density at radius 2 is 1.90 bits per heavy atom. The van der Waals surface area contributed by atoms with Crippen molar-refractivity contribution in [3.05, 3.63) is 63.9 Å². The van der Waals surface area contributed by atoms with Gasteiger partial charge in [0.25, 0.3) is 5.91 Å². The number of urea groups is 1. The third kappa shape index (κ3) is 4.13. The van der Waals surface area contributed by atoms with Gasteiger partial charge in [-0.25, -0.2) is 9.18 Å². The minimum atomic E-state index is -0.303. The van der Waals surface area contributed by atoms with Gasteiger partial charge in [-0.05, 0) is 42.8 Å². The number of piperazine rings is 1. The van der Waals surface area contributed by atoms with Gasteiger partial charge < -0.3 is 10.2 Å². The lowest BCUT2D eigenvalue weighted by molar-refractivity contribution is 0.0627. The molecule has 0 radical (unpaired) electrons. The van der Waals surface area contributed by atoms with Gasteiger partial charge >= 0.3 is 6.03 Å². The van der Waals surface area contributed by atoms with E-state index in [1.807, 2.05) is 24.0 Å². The van der Waals surface area contributed by atoms with E-state index >= 15 is 0 Å².